The maximum absolute atomic E-state index is 13.3. The number of esters is 1. The van der Waals surface area contributed by atoms with Crippen molar-refractivity contribution in [2.24, 2.45) is 0 Å². The van der Waals surface area contributed by atoms with E-state index in [4.69, 9.17) is 4.74 Å². The quantitative estimate of drug-likeness (QED) is 0.456. The number of benzene rings is 2. The van der Waals surface area contributed by atoms with Crippen LogP contribution in [0.3, 0.4) is 0 Å². The van der Waals surface area contributed by atoms with Gasteiger partial charge in [-0.2, -0.15) is 0 Å². The molecule has 2 heterocycles. The molecule has 3 aromatic rings. The van der Waals surface area contributed by atoms with Crippen molar-refractivity contribution in [2.45, 2.75) is 24.3 Å². The summed E-state index contributed by atoms with van der Waals surface area (Å²) in [4.78, 5) is 31.5. The highest BCUT2D eigenvalue weighted by Gasteiger charge is 2.49. The molecule has 0 aliphatic carbocycles. The number of amides is 1. The van der Waals surface area contributed by atoms with Crippen LogP contribution in [-0.4, -0.2) is 37.4 Å². The Morgan fingerprint density at radius 3 is 2.47 bits per heavy atom. The van der Waals surface area contributed by atoms with Gasteiger partial charge in [-0.25, -0.2) is 18.2 Å². The first-order chi connectivity index (χ1) is 16.2. The number of para-hydroxylation sites is 1. The Kier molecular flexibility index (Phi) is 6.40. The first kappa shape index (κ1) is 23.5. The molecule has 2 aromatic carbocycles. The Morgan fingerprint density at radius 1 is 1.15 bits per heavy atom. The van der Waals surface area contributed by atoms with Gasteiger partial charge >= 0.3 is 5.97 Å². The van der Waals surface area contributed by atoms with Gasteiger partial charge in [-0.3, -0.25) is 14.4 Å². The maximum atomic E-state index is 13.3. The Hall–Kier alpha value is -3.70. The highest BCUT2D eigenvalue weighted by atomic mass is 32.2. The van der Waals surface area contributed by atoms with Crippen LogP contribution in [0.1, 0.15) is 13.8 Å². The molecule has 0 bridgehead atoms. The number of sulfonamides is 1. The first-order valence-electron chi connectivity index (χ1n) is 10.3. The number of rotatable bonds is 8. The van der Waals surface area contributed by atoms with Crippen molar-refractivity contribution in [2.75, 3.05) is 21.5 Å². The van der Waals surface area contributed by atoms with Gasteiger partial charge < -0.3 is 10.1 Å². The number of nitrogens with one attached hydrogen (secondary N) is 2. The van der Waals surface area contributed by atoms with Gasteiger partial charge in [0.05, 0.1) is 11.5 Å². The molecular weight excluding hydrogens is 476 g/mol. The predicted molar refractivity (Wildman–Crippen MR) is 130 cm³/mol. The number of aromatic nitrogens is 1. The summed E-state index contributed by atoms with van der Waals surface area (Å²) < 4.78 is 32.7. The molecule has 2 N–H and O–H groups in total. The summed E-state index contributed by atoms with van der Waals surface area (Å²) in [6, 6.07) is 14.8. The van der Waals surface area contributed by atoms with Crippen LogP contribution in [0.2, 0.25) is 0 Å². The smallest absolute Gasteiger partial charge is 0.336 e. The van der Waals surface area contributed by atoms with Gasteiger partial charge in [0.15, 0.2) is 10.7 Å². The average molecular weight is 499 g/mol. The van der Waals surface area contributed by atoms with Gasteiger partial charge in [0, 0.05) is 23.0 Å². The fourth-order valence-corrected chi connectivity index (χ4v) is 5.33. The minimum Gasteiger partial charge on any atom is -0.464 e. The molecule has 0 saturated carbocycles. The van der Waals surface area contributed by atoms with Crippen LogP contribution in [-0.2, 0) is 24.3 Å². The molecule has 0 saturated heterocycles. The van der Waals surface area contributed by atoms with Crippen molar-refractivity contribution in [3.63, 3.8) is 0 Å². The zero-order valence-electron chi connectivity index (χ0n) is 18.4. The van der Waals surface area contributed by atoms with Gasteiger partial charge in [0.2, 0.25) is 0 Å². The molecule has 0 fully saturated rings. The summed E-state index contributed by atoms with van der Waals surface area (Å²) in [5.74, 6) is -0.970. The summed E-state index contributed by atoms with van der Waals surface area (Å²) in [7, 11) is -3.80. The third kappa shape index (κ3) is 4.52. The second-order valence-corrected chi connectivity index (χ2v) is 10.1. The second-order valence-electron chi connectivity index (χ2n) is 7.49. The van der Waals surface area contributed by atoms with Crippen LogP contribution in [0.5, 0.6) is 0 Å². The molecule has 176 valence electrons. The number of nitrogens with zero attached hydrogens (tertiary/aromatic N) is 2. The van der Waals surface area contributed by atoms with Crippen LogP contribution >= 0.6 is 11.3 Å². The lowest BCUT2D eigenvalue weighted by molar-refractivity contribution is -0.147. The van der Waals surface area contributed by atoms with E-state index in [1.165, 1.54) is 52.8 Å². The van der Waals surface area contributed by atoms with Gasteiger partial charge in [0.25, 0.3) is 15.9 Å². The third-order valence-corrected chi connectivity index (χ3v) is 7.30. The summed E-state index contributed by atoms with van der Waals surface area (Å²) >= 11 is 1.17. The monoisotopic (exact) mass is 498 g/mol. The second kappa shape index (κ2) is 9.27. The summed E-state index contributed by atoms with van der Waals surface area (Å²) in [5, 5.41) is 4.94. The number of anilines is 3. The van der Waals surface area contributed by atoms with Crippen molar-refractivity contribution >= 4 is 49.7 Å². The van der Waals surface area contributed by atoms with Crippen molar-refractivity contribution in [1.82, 2.24) is 4.98 Å². The Labute approximate surface area is 201 Å². The summed E-state index contributed by atoms with van der Waals surface area (Å²) in [5.41, 5.74) is -0.145. The fraction of sp³-hybridized carbons (Fsp3) is 0.174. The molecule has 1 atom stereocenters. The number of carbonyl (C=O) groups is 2. The van der Waals surface area contributed by atoms with E-state index < -0.39 is 27.4 Å². The van der Waals surface area contributed by atoms with Gasteiger partial charge in [-0.05, 0) is 56.3 Å². The van der Waals surface area contributed by atoms with Crippen LogP contribution < -0.4 is 14.9 Å². The van der Waals surface area contributed by atoms with Crippen LogP contribution in [0.15, 0.2) is 82.8 Å². The molecule has 4 rings (SSSR count). The third-order valence-electron chi connectivity index (χ3n) is 5.12. The van der Waals surface area contributed by atoms with E-state index in [1.54, 1.807) is 43.5 Å². The van der Waals surface area contributed by atoms with Crippen molar-refractivity contribution < 1.29 is 22.7 Å². The largest absolute Gasteiger partial charge is 0.464 e. The van der Waals surface area contributed by atoms with E-state index in [-0.39, 0.29) is 22.3 Å². The lowest BCUT2D eigenvalue weighted by Crippen LogP contribution is -2.51. The molecule has 0 radical (unpaired) electrons. The molecular formula is C23H22N4O5S2. The lowest BCUT2D eigenvalue weighted by Gasteiger charge is -2.32. The van der Waals surface area contributed by atoms with E-state index in [2.05, 4.69) is 15.0 Å². The normalized spacial score (nSPS) is 17.9. The van der Waals surface area contributed by atoms with Gasteiger partial charge in [-0.15, -0.1) is 11.3 Å². The Bertz CT molecular complexity index is 1320. The van der Waals surface area contributed by atoms with E-state index >= 15 is 0 Å². The number of hydrogen-bond acceptors (Lipinski definition) is 8. The van der Waals surface area contributed by atoms with Crippen molar-refractivity contribution in [1.29, 1.82) is 0 Å². The molecule has 0 spiro atoms. The summed E-state index contributed by atoms with van der Waals surface area (Å²) in [6.07, 6.45) is 3.03. The molecule has 1 aliphatic heterocycles. The zero-order valence-corrected chi connectivity index (χ0v) is 20.0. The lowest BCUT2D eigenvalue weighted by atomic mass is 10.0. The molecule has 1 unspecified atom stereocenters. The van der Waals surface area contributed by atoms with Gasteiger partial charge in [-0.1, -0.05) is 18.2 Å². The van der Waals surface area contributed by atoms with E-state index in [9.17, 15) is 18.0 Å². The molecule has 9 nitrogen and oxygen atoms in total. The fourth-order valence-electron chi connectivity index (χ4n) is 3.54. The molecule has 1 amide bonds. The van der Waals surface area contributed by atoms with Crippen LogP contribution in [0, 0.1) is 0 Å². The standard InChI is InChI=1S/C23H22N4O5S2/c1-3-32-21(29)23(2)15-19(20(28)27(23)17-7-5-4-6-8-17)25-16-9-11-18(12-10-16)34(30,31)26-22-24-13-14-33-22/h4-15,25H,3H2,1-2H3,(H,24,26). The maximum Gasteiger partial charge on any atom is 0.336 e. The minimum absolute atomic E-state index is 0.0438. The summed E-state index contributed by atoms with van der Waals surface area (Å²) in [6.45, 7) is 3.49. The van der Waals surface area contributed by atoms with E-state index in [0.717, 1.165) is 0 Å². The SMILES string of the molecule is CCOC(=O)C1(C)C=C(Nc2ccc(S(=O)(=O)Nc3nccs3)cc2)C(=O)N1c1ccccc1. The van der Waals surface area contributed by atoms with Crippen LogP contribution in [0.25, 0.3) is 0 Å². The molecule has 34 heavy (non-hydrogen) atoms. The average Bonchev–Trinajstić information content (AvgIpc) is 3.41. The zero-order chi connectivity index (χ0) is 24.3. The molecule has 1 aromatic heterocycles. The highest BCUT2D eigenvalue weighted by molar-refractivity contribution is 7.93. The molecule has 11 heteroatoms. The number of hydrogen-bond donors (Lipinski definition) is 2. The predicted octanol–water partition coefficient (Wildman–Crippen LogP) is 3.61. The van der Waals surface area contributed by atoms with Gasteiger partial charge in [0.1, 0.15) is 5.70 Å². The topological polar surface area (TPSA) is 118 Å². The number of carbonyl (C=O) groups excluding carboxylic acids is 2. The number of thiazole rings is 1. The van der Waals surface area contributed by atoms with E-state index in [0.29, 0.717) is 11.4 Å². The molecule has 1 aliphatic rings. The van der Waals surface area contributed by atoms with Crippen molar-refractivity contribution in [3.8, 4) is 0 Å². The minimum atomic E-state index is -3.80. The first-order valence-corrected chi connectivity index (χ1v) is 12.7. The van der Waals surface area contributed by atoms with E-state index in [1.807, 2.05) is 6.07 Å². The Balaban J connectivity index is 1.59. The van der Waals surface area contributed by atoms with Crippen LogP contribution in [0.4, 0.5) is 16.5 Å². The highest BCUT2D eigenvalue weighted by Crippen LogP contribution is 2.35. The Morgan fingerprint density at radius 2 is 1.85 bits per heavy atom. The number of ether oxygens (including phenoxy) is 1. The van der Waals surface area contributed by atoms with Crippen molar-refractivity contribution in [3.05, 3.63) is 77.9 Å².